The van der Waals surface area contributed by atoms with Gasteiger partial charge in [0.05, 0.1) is 17.8 Å². The molecule has 0 aromatic heterocycles. The van der Waals surface area contributed by atoms with Gasteiger partial charge in [0.1, 0.15) is 0 Å². The smallest absolute Gasteiger partial charge is 0.0687 e. The minimum absolute atomic E-state index is 0.170. The second kappa shape index (κ2) is 4.84. The molecular formula is C13H24O2. The molecule has 15 heavy (non-hydrogen) atoms. The Hall–Kier alpha value is -0.0800. The van der Waals surface area contributed by atoms with Gasteiger partial charge in [-0.25, -0.2) is 0 Å². The number of hydrogen-bond donors (Lipinski definition) is 1. The van der Waals surface area contributed by atoms with E-state index in [1.54, 1.807) is 0 Å². The third-order valence-electron chi connectivity index (χ3n) is 4.01. The lowest BCUT2D eigenvalue weighted by Crippen LogP contribution is -2.31. The summed E-state index contributed by atoms with van der Waals surface area (Å²) in [4.78, 5) is 0. The molecule has 2 nitrogen and oxygen atoms in total. The van der Waals surface area contributed by atoms with Crippen molar-refractivity contribution in [1.82, 2.24) is 0 Å². The van der Waals surface area contributed by atoms with Gasteiger partial charge in [0.15, 0.2) is 0 Å². The normalized spacial score (nSPS) is 32.0. The Morgan fingerprint density at radius 1 is 1.27 bits per heavy atom. The van der Waals surface area contributed by atoms with Crippen LogP contribution in [-0.2, 0) is 4.74 Å². The molecule has 1 aliphatic carbocycles. The third kappa shape index (κ3) is 2.94. The third-order valence-corrected chi connectivity index (χ3v) is 4.01. The lowest BCUT2D eigenvalue weighted by molar-refractivity contribution is -0.0681. The molecule has 1 heterocycles. The molecule has 0 amide bonds. The molecule has 1 saturated carbocycles. The Morgan fingerprint density at radius 2 is 2.00 bits per heavy atom. The first kappa shape index (κ1) is 11.4. The van der Waals surface area contributed by atoms with Gasteiger partial charge in [-0.15, -0.1) is 0 Å². The Balaban J connectivity index is 1.78. The Kier molecular flexibility index (Phi) is 3.68. The summed E-state index contributed by atoms with van der Waals surface area (Å²) in [6.45, 7) is 1.87. The van der Waals surface area contributed by atoms with Crippen LogP contribution >= 0.6 is 0 Å². The first-order valence-corrected chi connectivity index (χ1v) is 6.56. The second-order valence-corrected chi connectivity index (χ2v) is 5.45. The zero-order chi connectivity index (χ0) is 10.7. The lowest BCUT2D eigenvalue weighted by atomic mass is 9.83. The van der Waals surface area contributed by atoms with Crippen LogP contribution in [0.15, 0.2) is 0 Å². The molecule has 1 spiro atoms. The van der Waals surface area contributed by atoms with Crippen LogP contribution in [-0.4, -0.2) is 22.9 Å². The number of ether oxygens (including phenoxy) is 1. The van der Waals surface area contributed by atoms with E-state index < -0.39 is 0 Å². The molecule has 2 unspecified atom stereocenters. The van der Waals surface area contributed by atoms with Crippen molar-refractivity contribution in [2.75, 3.05) is 0 Å². The van der Waals surface area contributed by atoms with Crippen molar-refractivity contribution < 1.29 is 9.84 Å². The van der Waals surface area contributed by atoms with E-state index in [2.05, 4.69) is 0 Å². The van der Waals surface area contributed by atoms with E-state index in [1.165, 1.54) is 44.9 Å². The molecule has 0 aromatic carbocycles. The topological polar surface area (TPSA) is 29.5 Å². The van der Waals surface area contributed by atoms with Crippen molar-refractivity contribution >= 4 is 0 Å². The lowest BCUT2D eigenvalue weighted by Gasteiger charge is -2.33. The monoisotopic (exact) mass is 212 g/mol. The molecule has 1 saturated heterocycles. The second-order valence-electron chi connectivity index (χ2n) is 5.45. The van der Waals surface area contributed by atoms with Crippen molar-refractivity contribution in [3.05, 3.63) is 0 Å². The summed E-state index contributed by atoms with van der Waals surface area (Å²) >= 11 is 0. The minimum Gasteiger partial charge on any atom is -0.393 e. The fourth-order valence-corrected chi connectivity index (χ4v) is 3.09. The molecule has 2 fully saturated rings. The highest BCUT2D eigenvalue weighted by Gasteiger charge is 2.40. The molecule has 2 atom stereocenters. The van der Waals surface area contributed by atoms with Crippen molar-refractivity contribution in [2.45, 2.75) is 82.5 Å². The summed E-state index contributed by atoms with van der Waals surface area (Å²) in [5, 5.41) is 9.26. The highest BCUT2D eigenvalue weighted by Crippen LogP contribution is 2.42. The van der Waals surface area contributed by atoms with E-state index in [-0.39, 0.29) is 11.7 Å². The van der Waals surface area contributed by atoms with Crippen LogP contribution in [0.5, 0.6) is 0 Å². The van der Waals surface area contributed by atoms with Crippen molar-refractivity contribution in [3.63, 3.8) is 0 Å². The number of aliphatic hydroxyl groups excluding tert-OH is 1. The SMILES string of the molecule is CC(O)CCC1CCC2(CCCCC2)O1. The number of aliphatic hydroxyl groups is 1. The van der Waals surface area contributed by atoms with Gasteiger partial charge < -0.3 is 9.84 Å². The first-order chi connectivity index (χ1) is 7.20. The van der Waals surface area contributed by atoms with Crippen molar-refractivity contribution in [1.29, 1.82) is 0 Å². The van der Waals surface area contributed by atoms with Crippen LogP contribution in [0.4, 0.5) is 0 Å². The first-order valence-electron chi connectivity index (χ1n) is 6.56. The van der Waals surface area contributed by atoms with Gasteiger partial charge in [0.25, 0.3) is 0 Å². The van der Waals surface area contributed by atoms with Gasteiger partial charge in [-0.05, 0) is 45.4 Å². The molecule has 0 aromatic rings. The van der Waals surface area contributed by atoms with Crippen LogP contribution in [0.2, 0.25) is 0 Å². The fraction of sp³-hybridized carbons (Fsp3) is 1.00. The van der Waals surface area contributed by atoms with Gasteiger partial charge in [0, 0.05) is 0 Å². The zero-order valence-corrected chi connectivity index (χ0v) is 9.87. The maximum atomic E-state index is 9.26. The molecule has 2 heteroatoms. The summed E-state index contributed by atoms with van der Waals surface area (Å²) < 4.78 is 6.23. The summed E-state index contributed by atoms with van der Waals surface area (Å²) in [7, 11) is 0. The van der Waals surface area contributed by atoms with E-state index in [0.29, 0.717) is 6.10 Å². The molecular weight excluding hydrogens is 188 g/mol. The van der Waals surface area contributed by atoms with Gasteiger partial charge in [0.2, 0.25) is 0 Å². The van der Waals surface area contributed by atoms with Crippen LogP contribution < -0.4 is 0 Å². The quantitative estimate of drug-likeness (QED) is 0.779. The van der Waals surface area contributed by atoms with E-state index in [0.717, 1.165) is 12.8 Å². The standard InChI is InChI=1S/C13H24O2/c1-11(14)5-6-12-7-10-13(15-12)8-3-2-4-9-13/h11-12,14H,2-10H2,1H3. The molecule has 0 bridgehead atoms. The van der Waals surface area contributed by atoms with Crippen LogP contribution in [0.1, 0.15) is 64.7 Å². The summed E-state index contributed by atoms with van der Waals surface area (Å²) in [5.74, 6) is 0. The highest BCUT2D eigenvalue weighted by molar-refractivity contribution is 4.91. The van der Waals surface area contributed by atoms with Gasteiger partial charge >= 0.3 is 0 Å². The Labute approximate surface area is 93.0 Å². The van der Waals surface area contributed by atoms with Crippen LogP contribution in [0.3, 0.4) is 0 Å². The van der Waals surface area contributed by atoms with Crippen LogP contribution in [0, 0.1) is 0 Å². The predicted molar refractivity (Wildman–Crippen MR) is 60.8 cm³/mol. The summed E-state index contributed by atoms with van der Waals surface area (Å²) in [5.41, 5.74) is 0.252. The van der Waals surface area contributed by atoms with Crippen molar-refractivity contribution in [2.24, 2.45) is 0 Å². The summed E-state index contributed by atoms with van der Waals surface area (Å²) in [6.07, 6.45) is 11.3. The molecule has 2 rings (SSSR count). The van der Waals surface area contributed by atoms with Gasteiger partial charge in [-0.2, -0.15) is 0 Å². The molecule has 1 aliphatic heterocycles. The number of hydrogen-bond acceptors (Lipinski definition) is 2. The van der Waals surface area contributed by atoms with Crippen molar-refractivity contribution in [3.8, 4) is 0 Å². The maximum Gasteiger partial charge on any atom is 0.0687 e. The zero-order valence-electron chi connectivity index (χ0n) is 9.87. The largest absolute Gasteiger partial charge is 0.393 e. The van der Waals surface area contributed by atoms with Gasteiger partial charge in [-0.1, -0.05) is 19.3 Å². The van der Waals surface area contributed by atoms with Crippen LogP contribution in [0.25, 0.3) is 0 Å². The predicted octanol–water partition coefficient (Wildman–Crippen LogP) is 3.03. The Morgan fingerprint density at radius 3 is 2.67 bits per heavy atom. The van der Waals surface area contributed by atoms with E-state index >= 15 is 0 Å². The molecule has 88 valence electrons. The molecule has 1 N–H and O–H groups in total. The average molecular weight is 212 g/mol. The minimum atomic E-state index is -0.170. The average Bonchev–Trinajstić information content (AvgIpc) is 2.60. The number of rotatable bonds is 3. The Bertz CT molecular complexity index is 195. The maximum absolute atomic E-state index is 9.26. The molecule has 0 radical (unpaired) electrons. The van der Waals surface area contributed by atoms with E-state index in [1.807, 2.05) is 6.92 Å². The molecule has 2 aliphatic rings. The summed E-state index contributed by atoms with van der Waals surface area (Å²) in [6, 6.07) is 0. The fourth-order valence-electron chi connectivity index (χ4n) is 3.09. The van der Waals surface area contributed by atoms with E-state index in [4.69, 9.17) is 4.74 Å². The van der Waals surface area contributed by atoms with Gasteiger partial charge in [-0.3, -0.25) is 0 Å². The van der Waals surface area contributed by atoms with E-state index in [9.17, 15) is 5.11 Å². The highest BCUT2D eigenvalue weighted by atomic mass is 16.5.